The zero-order valence-corrected chi connectivity index (χ0v) is 16.9. The summed E-state index contributed by atoms with van der Waals surface area (Å²) in [5, 5.41) is 11.8. The van der Waals surface area contributed by atoms with Gasteiger partial charge in [-0.3, -0.25) is 9.59 Å². The van der Waals surface area contributed by atoms with Gasteiger partial charge in [0.1, 0.15) is 0 Å². The second-order valence-corrected chi connectivity index (χ2v) is 9.50. The van der Waals surface area contributed by atoms with Gasteiger partial charge in [0.25, 0.3) is 0 Å². The molecule has 1 aromatic carbocycles. The summed E-state index contributed by atoms with van der Waals surface area (Å²) in [5.41, 5.74) is 3.16. The molecule has 1 aliphatic rings. The minimum absolute atomic E-state index is 0.0262. The SMILES string of the molecule is Cc1ccc(N2C[C@@H](C(=O)Nc3nnc(SC(C)C)s3)CC2=O)cc1C. The summed E-state index contributed by atoms with van der Waals surface area (Å²) in [6.07, 6.45) is 0.213. The van der Waals surface area contributed by atoms with Crippen molar-refractivity contribution in [2.45, 2.75) is 43.7 Å². The fourth-order valence-electron chi connectivity index (χ4n) is 2.74. The molecule has 0 saturated carbocycles. The third kappa shape index (κ3) is 4.24. The first-order chi connectivity index (χ1) is 12.3. The second-order valence-electron chi connectivity index (χ2n) is 6.70. The summed E-state index contributed by atoms with van der Waals surface area (Å²) in [6.45, 7) is 8.60. The van der Waals surface area contributed by atoms with Crippen LogP contribution in [0.25, 0.3) is 0 Å². The summed E-state index contributed by atoms with van der Waals surface area (Å²) in [6, 6.07) is 5.93. The number of carbonyl (C=O) groups is 2. The number of carbonyl (C=O) groups excluding carboxylic acids is 2. The molecule has 1 aliphatic heterocycles. The second kappa shape index (κ2) is 7.75. The van der Waals surface area contributed by atoms with E-state index >= 15 is 0 Å². The van der Waals surface area contributed by atoms with E-state index < -0.39 is 0 Å². The summed E-state index contributed by atoms with van der Waals surface area (Å²) < 4.78 is 0.828. The van der Waals surface area contributed by atoms with E-state index in [2.05, 4.69) is 29.4 Å². The number of amides is 2. The number of nitrogens with zero attached hydrogens (tertiary/aromatic N) is 3. The van der Waals surface area contributed by atoms with Crippen molar-refractivity contribution in [3.63, 3.8) is 0 Å². The van der Waals surface area contributed by atoms with Crippen LogP contribution in [0.1, 0.15) is 31.4 Å². The predicted molar refractivity (Wildman–Crippen MR) is 106 cm³/mol. The molecule has 0 unspecified atom stereocenters. The molecule has 1 atom stereocenters. The quantitative estimate of drug-likeness (QED) is 0.623. The van der Waals surface area contributed by atoms with Crippen molar-refractivity contribution in [2.24, 2.45) is 5.92 Å². The number of hydrogen-bond acceptors (Lipinski definition) is 6. The van der Waals surface area contributed by atoms with Crippen LogP contribution in [0.5, 0.6) is 0 Å². The van der Waals surface area contributed by atoms with Gasteiger partial charge in [-0.15, -0.1) is 10.2 Å². The van der Waals surface area contributed by atoms with E-state index in [1.807, 2.05) is 32.0 Å². The number of thioether (sulfide) groups is 1. The van der Waals surface area contributed by atoms with Gasteiger partial charge in [0, 0.05) is 23.9 Å². The van der Waals surface area contributed by atoms with E-state index in [-0.39, 0.29) is 24.2 Å². The molecule has 26 heavy (non-hydrogen) atoms. The van der Waals surface area contributed by atoms with Gasteiger partial charge in [-0.2, -0.15) is 0 Å². The van der Waals surface area contributed by atoms with Crippen molar-refractivity contribution < 1.29 is 9.59 Å². The van der Waals surface area contributed by atoms with Crippen molar-refractivity contribution >= 4 is 45.7 Å². The van der Waals surface area contributed by atoms with E-state index in [0.717, 1.165) is 15.6 Å². The molecular formula is C18H22N4O2S2. The zero-order valence-electron chi connectivity index (χ0n) is 15.3. The molecule has 2 amide bonds. The summed E-state index contributed by atoms with van der Waals surface area (Å²) >= 11 is 2.97. The van der Waals surface area contributed by atoms with E-state index in [1.165, 1.54) is 16.9 Å². The number of aryl methyl sites for hydroxylation is 2. The monoisotopic (exact) mass is 390 g/mol. The van der Waals surface area contributed by atoms with Crippen LogP contribution in [-0.4, -0.2) is 33.8 Å². The summed E-state index contributed by atoms with van der Waals surface area (Å²) in [4.78, 5) is 26.6. The molecule has 1 aromatic heterocycles. The fourth-order valence-corrected chi connectivity index (χ4v) is 4.72. The topological polar surface area (TPSA) is 75.2 Å². The molecule has 0 bridgehead atoms. The lowest BCUT2D eigenvalue weighted by atomic mass is 10.1. The fraction of sp³-hybridized carbons (Fsp3) is 0.444. The molecular weight excluding hydrogens is 368 g/mol. The van der Waals surface area contributed by atoms with E-state index in [0.29, 0.717) is 16.9 Å². The van der Waals surface area contributed by atoms with Crippen LogP contribution < -0.4 is 10.2 Å². The molecule has 6 nitrogen and oxygen atoms in total. The molecule has 138 valence electrons. The highest BCUT2D eigenvalue weighted by molar-refractivity contribution is 8.01. The molecule has 1 saturated heterocycles. The smallest absolute Gasteiger partial charge is 0.231 e. The minimum atomic E-state index is -0.380. The number of benzene rings is 1. The normalized spacial score (nSPS) is 17.2. The maximum absolute atomic E-state index is 12.5. The van der Waals surface area contributed by atoms with Crippen molar-refractivity contribution in [3.8, 4) is 0 Å². The van der Waals surface area contributed by atoms with Gasteiger partial charge < -0.3 is 10.2 Å². The van der Waals surface area contributed by atoms with Crippen molar-refractivity contribution in [1.29, 1.82) is 0 Å². The standard InChI is InChI=1S/C18H22N4O2S2/c1-10(2)25-18-21-20-17(26-18)19-16(24)13-8-15(23)22(9-13)14-6-5-11(3)12(4)7-14/h5-7,10,13H,8-9H2,1-4H3,(H,19,20,24)/t13-/m0/s1. The molecule has 2 heterocycles. The van der Waals surface area contributed by atoms with Crippen LogP contribution >= 0.6 is 23.1 Å². The highest BCUT2D eigenvalue weighted by Crippen LogP contribution is 2.30. The molecule has 1 fully saturated rings. The molecule has 0 spiro atoms. The van der Waals surface area contributed by atoms with Gasteiger partial charge in [-0.25, -0.2) is 0 Å². The van der Waals surface area contributed by atoms with Crippen LogP contribution in [0, 0.1) is 19.8 Å². The van der Waals surface area contributed by atoms with Crippen molar-refractivity contribution in [2.75, 3.05) is 16.8 Å². The van der Waals surface area contributed by atoms with Gasteiger partial charge >= 0.3 is 0 Å². The molecule has 8 heteroatoms. The van der Waals surface area contributed by atoms with E-state index in [9.17, 15) is 9.59 Å². The van der Waals surface area contributed by atoms with E-state index in [1.54, 1.807) is 16.7 Å². The Bertz CT molecular complexity index is 834. The largest absolute Gasteiger partial charge is 0.312 e. The molecule has 1 N–H and O–H groups in total. The lowest BCUT2D eigenvalue weighted by molar-refractivity contribution is -0.122. The molecule has 3 rings (SSSR count). The number of hydrogen-bond donors (Lipinski definition) is 1. The molecule has 0 aliphatic carbocycles. The number of nitrogens with one attached hydrogen (secondary N) is 1. The van der Waals surface area contributed by atoms with Gasteiger partial charge in [-0.1, -0.05) is 43.0 Å². The van der Waals surface area contributed by atoms with Gasteiger partial charge in [-0.05, 0) is 37.1 Å². The molecule has 2 aromatic rings. The first kappa shape index (κ1) is 18.8. The van der Waals surface area contributed by atoms with Crippen molar-refractivity contribution in [1.82, 2.24) is 10.2 Å². The van der Waals surface area contributed by atoms with Crippen molar-refractivity contribution in [3.05, 3.63) is 29.3 Å². The van der Waals surface area contributed by atoms with Gasteiger partial charge in [0.2, 0.25) is 16.9 Å². The Morgan fingerprint density at radius 2 is 2.08 bits per heavy atom. The van der Waals surface area contributed by atoms with E-state index in [4.69, 9.17) is 0 Å². The Labute approximate surface area is 161 Å². The maximum Gasteiger partial charge on any atom is 0.231 e. The Morgan fingerprint density at radius 1 is 1.31 bits per heavy atom. The third-order valence-corrected chi connectivity index (χ3v) is 6.20. The first-order valence-corrected chi connectivity index (χ1v) is 10.2. The van der Waals surface area contributed by atoms with Crippen LogP contribution in [-0.2, 0) is 9.59 Å². The van der Waals surface area contributed by atoms with Crippen LogP contribution in [0.2, 0.25) is 0 Å². The minimum Gasteiger partial charge on any atom is -0.312 e. The third-order valence-electron chi connectivity index (χ3n) is 4.27. The Morgan fingerprint density at radius 3 is 2.77 bits per heavy atom. The summed E-state index contributed by atoms with van der Waals surface area (Å²) in [7, 11) is 0. The molecule has 0 radical (unpaired) electrons. The Balaban J connectivity index is 1.65. The predicted octanol–water partition coefficient (Wildman–Crippen LogP) is 3.65. The highest BCUT2D eigenvalue weighted by atomic mass is 32.2. The first-order valence-electron chi connectivity index (χ1n) is 8.52. The maximum atomic E-state index is 12.5. The Hall–Kier alpha value is -1.93. The Kier molecular flexibility index (Phi) is 5.62. The summed E-state index contributed by atoms with van der Waals surface area (Å²) in [5.74, 6) is -0.585. The van der Waals surface area contributed by atoms with Crippen LogP contribution in [0.4, 0.5) is 10.8 Å². The number of aromatic nitrogens is 2. The van der Waals surface area contributed by atoms with Gasteiger partial charge in [0.15, 0.2) is 4.34 Å². The highest BCUT2D eigenvalue weighted by Gasteiger charge is 2.35. The van der Waals surface area contributed by atoms with Crippen LogP contribution in [0.15, 0.2) is 22.5 Å². The lowest BCUT2D eigenvalue weighted by Crippen LogP contribution is -2.28. The average molecular weight is 391 g/mol. The van der Waals surface area contributed by atoms with Gasteiger partial charge in [0.05, 0.1) is 5.92 Å². The lowest BCUT2D eigenvalue weighted by Gasteiger charge is -2.17. The average Bonchev–Trinajstić information content (AvgIpc) is 3.16. The zero-order chi connectivity index (χ0) is 18.8. The number of anilines is 2. The van der Waals surface area contributed by atoms with Crippen LogP contribution in [0.3, 0.4) is 0 Å². The number of rotatable bonds is 5.